The Hall–Kier alpha value is -2.79. The molecule has 0 aliphatic rings. The van der Waals surface area contributed by atoms with E-state index in [1.807, 2.05) is 31.3 Å². The lowest BCUT2D eigenvalue weighted by molar-refractivity contribution is -0.111. The predicted octanol–water partition coefficient (Wildman–Crippen LogP) is 3.65. The number of imidazole rings is 1. The first-order chi connectivity index (χ1) is 11.0. The van der Waals surface area contributed by atoms with E-state index in [0.29, 0.717) is 22.2 Å². The number of anilines is 1. The number of hydrogen-bond donors (Lipinski definition) is 2. The molecule has 0 fully saturated rings. The van der Waals surface area contributed by atoms with Crippen LogP contribution in [0, 0.1) is 6.92 Å². The van der Waals surface area contributed by atoms with Gasteiger partial charge in [-0.05, 0) is 42.8 Å². The van der Waals surface area contributed by atoms with Crippen LogP contribution in [0.4, 0.5) is 5.69 Å². The average Bonchev–Trinajstić information content (AvgIpc) is 2.83. The van der Waals surface area contributed by atoms with E-state index in [9.17, 15) is 9.90 Å². The monoisotopic (exact) mass is 327 g/mol. The van der Waals surface area contributed by atoms with Crippen LogP contribution < -0.4 is 5.32 Å². The highest BCUT2D eigenvalue weighted by molar-refractivity contribution is 6.31. The molecule has 2 aromatic heterocycles. The van der Waals surface area contributed by atoms with E-state index in [2.05, 4.69) is 10.3 Å². The molecule has 0 radical (unpaired) electrons. The van der Waals surface area contributed by atoms with Crippen LogP contribution in [0.5, 0.6) is 5.75 Å². The number of aromatic nitrogens is 2. The van der Waals surface area contributed by atoms with Crippen LogP contribution in [0.15, 0.2) is 48.7 Å². The van der Waals surface area contributed by atoms with Crippen molar-refractivity contribution in [3.63, 3.8) is 0 Å². The SMILES string of the molecule is Cc1ccc(NC(=O)/C=C/c2c(Cl)nc3ccccn23)c(O)c1. The first-order valence-electron chi connectivity index (χ1n) is 6.96. The molecule has 0 spiro atoms. The van der Waals surface area contributed by atoms with Crippen molar-refractivity contribution in [3.8, 4) is 5.75 Å². The Morgan fingerprint density at radius 3 is 2.96 bits per heavy atom. The molecule has 0 aliphatic carbocycles. The zero-order chi connectivity index (χ0) is 16.4. The topological polar surface area (TPSA) is 66.6 Å². The van der Waals surface area contributed by atoms with Gasteiger partial charge in [-0.25, -0.2) is 4.98 Å². The average molecular weight is 328 g/mol. The molecule has 0 saturated heterocycles. The second kappa shape index (κ2) is 6.14. The van der Waals surface area contributed by atoms with E-state index < -0.39 is 0 Å². The lowest BCUT2D eigenvalue weighted by Gasteiger charge is -2.05. The summed E-state index contributed by atoms with van der Waals surface area (Å²) in [5, 5.41) is 12.7. The zero-order valence-electron chi connectivity index (χ0n) is 12.3. The lowest BCUT2D eigenvalue weighted by atomic mass is 10.2. The van der Waals surface area contributed by atoms with Gasteiger partial charge in [0.2, 0.25) is 5.91 Å². The van der Waals surface area contributed by atoms with Gasteiger partial charge in [0, 0.05) is 12.3 Å². The van der Waals surface area contributed by atoms with E-state index in [1.54, 1.807) is 28.7 Å². The molecule has 116 valence electrons. The van der Waals surface area contributed by atoms with Crippen LogP contribution in [0.2, 0.25) is 5.15 Å². The van der Waals surface area contributed by atoms with E-state index >= 15 is 0 Å². The molecular weight excluding hydrogens is 314 g/mol. The Bertz CT molecular complexity index is 915. The number of phenolic OH excluding ortho intramolecular Hbond substituents is 1. The number of amides is 1. The van der Waals surface area contributed by atoms with Gasteiger partial charge >= 0.3 is 0 Å². The van der Waals surface area contributed by atoms with Crippen molar-refractivity contribution in [2.75, 3.05) is 5.32 Å². The summed E-state index contributed by atoms with van der Waals surface area (Å²) < 4.78 is 1.79. The van der Waals surface area contributed by atoms with Crippen molar-refractivity contribution in [1.82, 2.24) is 9.38 Å². The highest BCUT2D eigenvalue weighted by Gasteiger charge is 2.08. The van der Waals surface area contributed by atoms with Gasteiger partial charge in [0.1, 0.15) is 11.4 Å². The van der Waals surface area contributed by atoms with E-state index in [4.69, 9.17) is 11.6 Å². The largest absolute Gasteiger partial charge is 0.506 e. The molecule has 2 heterocycles. The Kier molecular flexibility index (Phi) is 4.04. The predicted molar refractivity (Wildman–Crippen MR) is 90.7 cm³/mol. The minimum absolute atomic E-state index is 0.0274. The number of benzene rings is 1. The minimum Gasteiger partial charge on any atom is -0.506 e. The number of hydrogen-bond acceptors (Lipinski definition) is 3. The van der Waals surface area contributed by atoms with Crippen molar-refractivity contribution in [2.45, 2.75) is 6.92 Å². The molecule has 0 bridgehead atoms. The van der Waals surface area contributed by atoms with Gasteiger partial charge in [0.15, 0.2) is 5.15 Å². The Labute approximate surface area is 137 Å². The number of aromatic hydroxyl groups is 1. The van der Waals surface area contributed by atoms with Gasteiger partial charge < -0.3 is 10.4 Å². The number of phenols is 1. The molecule has 0 unspecified atom stereocenters. The normalized spacial score (nSPS) is 11.2. The first-order valence-corrected chi connectivity index (χ1v) is 7.33. The van der Waals surface area contributed by atoms with E-state index in [0.717, 1.165) is 5.56 Å². The molecule has 3 rings (SSSR count). The second-order valence-electron chi connectivity index (χ2n) is 5.06. The third kappa shape index (κ3) is 3.19. The Morgan fingerprint density at radius 2 is 2.17 bits per heavy atom. The standard InChI is InChI=1S/C17H14ClN3O2/c1-11-5-6-12(14(22)10-11)19-16(23)8-7-13-17(18)20-15-4-2-3-9-21(13)15/h2-10,22H,1H3,(H,19,23)/b8-7+. The molecule has 0 saturated carbocycles. The van der Waals surface area contributed by atoms with Crippen LogP contribution in [0.3, 0.4) is 0 Å². The summed E-state index contributed by atoms with van der Waals surface area (Å²) in [6, 6.07) is 10.6. The number of carbonyl (C=O) groups is 1. The van der Waals surface area contributed by atoms with Crippen LogP contribution in [0.1, 0.15) is 11.3 Å². The maximum absolute atomic E-state index is 12.0. The van der Waals surface area contributed by atoms with E-state index in [-0.39, 0.29) is 11.7 Å². The number of aryl methyl sites for hydroxylation is 1. The molecule has 5 nitrogen and oxygen atoms in total. The van der Waals surface area contributed by atoms with Crippen LogP contribution >= 0.6 is 11.6 Å². The van der Waals surface area contributed by atoms with Crippen molar-refractivity contribution < 1.29 is 9.90 Å². The zero-order valence-corrected chi connectivity index (χ0v) is 13.1. The molecular formula is C17H14ClN3O2. The van der Waals surface area contributed by atoms with Crippen molar-refractivity contribution >= 4 is 34.9 Å². The fourth-order valence-corrected chi connectivity index (χ4v) is 2.45. The van der Waals surface area contributed by atoms with Crippen LogP contribution in [-0.4, -0.2) is 20.4 Å². The van der Waals surface area contributed by atoms with Crippen molar-refractivity contribution in [2.24, 2.45) is 0 Å². The summed E-state index contributed by atoms with van der Waals surface area (Å²) in [6.07, 6.45) is 4.75. The Balaban J connectivity index is 1.81. The molecule has 1 aromatic carbocycles. The third-order valence-electron chi connectivity index (χ3n) is 3.33. The number of carbonyl (C=O) groups excluding carboxylic acids is 1. The van der Waals surface area contributed by atoms with Crippen LogP contribution in [-0.2, 0) is 4.79 Å². The highest BCUT2D eigenvalue weighted by atomic mass is 35.5. The smallest absolute Gasteiger partial charge is 0.248 e. The number of rotatable bonds is 3. The molecule has 1 amide bonds. The number of fused-ring (bicyclic) bond motifs is 1. The molecule has 0 atom stereocenters. The fraction of sp³-hybridized carbons (Fsp3) is 0.0588. The summed E-state index contributed by atoms with van der Waals surface area (Å²) in [5.41, 5.74) is 2.59. The van der Waals surface area contributed by atoms with Crippen molar-refractivity contribution in [3.05, 3.63) is 65.1 Å². The quantitative estimate of drug-likeness (QED) is 0.570. The maximum Gasteiger partial charge on any atom is 0.248 e. The van der Waals surface area contributed by atoms with Gasteiger partial charge in [-0.15, -0.1) is 0 Å². The van der Waals surface area contributed by atoms with Gasteiger partial charge in [-0.3, -0.25) is 9.20 Å². The van der Waals surface area contributed by atoms with E-state index in [1.165, 1.54) is 6.08 Å². The fourth-order valence-electron chi connectivity index (χ4n) is 2.21. The minimum atomic E-state index is -0.369. The second-order valence-corrected chi connectivity index (χ2v) is 5.42. The lowest BCUT2D eigenvalue weighted by Crippen LogP contribution is -2.08. The number of nitrogens with one attached hydrogen (secondary N) is 1. The summed E-state index contributed by atoms with van der Waals surface area (Å²) in [6.45, 7) is 1.86. The van der Waals surface area contributed by atoms with Crippen molar-refractivity contribution in [1.29, 1.82) is 0 Å². The van der Waals surface area contributed by atoms with Gasteiger partial charge in [0.25, 0.3) is 0 Å². The first kappa shape index (κ1) is 15.1. The third-order valence-corrected chi connectivity index (χ3v) is 3.60. The number of halogens is 1. The summed E-state index contributed by atoms with van der Waals surface area (Å²) in [4.78, 5) is 16.2. The summed E-state index contributed by atoms with van der Waals surface area (Å²) in [7, 11) is 0. The molecule has 0 aliphatic heterocycles. The molecule has 2 N–H and O–H groups in total. The molecule has 3 aromatic rings. The van der Waals surface area contributed by atoms with Gasteiger partial charge in [-0.1, -0.05) is 23.7 Å². The highest BCUT2D eigenvalue weighted by Crippen LogP contribution is 2.24. The van der Waals surface area contributed by atoms with Crippen LogP contribution in [0.25, 0.3) is 11.7 Å². The summed E-state index contributed by atoms with van der Waals surface area (Å²) in [5.74, 6) is -0.342. The number of pyridine rings is 1. The maximum atomic E-state index is 12.0. The summed E-state index contributed by atoms with van der Waals surface area (Å²) >= 11 is 6.10. The molecule has 6 heteroatoms. The number of nitrogens with zero attached hydrogens (tertiary/aromatic N) is 2. The van der Waals surface area contributed by atoms with Gasteiger partial charge in [-0.2, -0.15) is 0 Å². The Morgan fingerprint density at radius 1 is 1.35 bits per heavy atom. The molecule has 23 heavy (non-hydrogen) atoms. The van der Waals surface area contributed by atoms with Gasteiger partial charge in [0.05, 0.1) is 11.4 Å².